The van der Waals surface area contributed by atoms with E-state index < -0.39 is 23.8 Å². The maximum Gasteiger partial charge on any atom is 0.573 e. The van der Waals surface area contributed by atoms with E-state index in [1.165, 1.54) is 17.0 Å². The van der Waals surface area contributed by atoms with Crippen molar-refractivity contribution in [3.05, 3.63) is 59.4 Å². The quantitative estimate of drug-likeness (QED) is 0.0726. The van der Waals surface area contributed by atoms with Gasteiger partial charge in [0.1, 0.15) is 17.2 Å². The zero-order chi connectivity index (χ0) is 35.1. The molecular formula is C30H34ClF3IN8O4P. The molecule has 0 fully saturated rings. The summed E-state index contributed by atoms with van der Waals surface area (Å²) in [6, 6.07) is 9.48. The van der Waals surface area contributed by atoms with Crippen LogP contribution in [-0.2, 0) is 16.1 Å². The maximum absolute atomic E-state index is 12.9. The lowest BCUT2D eigenvalue weighted by Crippen LogP contribution is -2.39. The van der Waals surface area contributed by atoms with E-state index >= 15 is 0 Å². The molecule has 258 valence electrons. The highest BCUT2D eigenvalue weighted by Crippen LogP contribution is 2.36. The van der Waals surface area contributed by atoms with Crippen LogP contribution >= 0.6 is 40.0 Å². The zero-order valence-corrected chi connectivity index (χ0v) is 30.1. The smallest absolute Gasteiger partial charge is 0.444 e. The van der Waals surface area contributed by atoms with Crippen molar-refractivity contribution >= 4 is 74.4 Å². The number of amides is 2. The fraction of sp³-hybridized carbons (Fsp3) is 0.367. The second-order valence-electron chi connectivity index (χ2n) is 11.6. The van der Waals surface area contributed by atoms with Gasteiger partial charge in [-0.05, 0) is 90.7 Å². The summed E-state index contributed by atoms with van der Waals surface area (Å²) in [6.45, 7) is 5.97. The Morgan fingerprint density at radius 1 is 1.10 bits per heavy atom. The fourth-order valence-corrected chi connectivity index (χ4v) is 6.32. The minimum Gasteiger partial charge on any atom is -0.444 e. The van der Waals surface area contributed by atoms with Gasteiger partial charge < -0.3 is 30.7 Å². The molecule has 0 aliphatic carbocycles. The largest absolute Gasteiger partial charge is 0.573 e. The van der Waals surface area contributed by atoms with Crippen LogP contribution in [0.4, 0.5) is 29.5 Å². The SMILES string of the molecule is CC(C)(C)OC(=O)N(CCC(=O)NCCCNc1cc(-c2cnnc(N)c2)cc2c1cnn2PI)Cc1ccc(OC(F)(F)F)c(Cl)c1. The van der Waals surface area contributed by atoms with Gasteiger partial charge in [-0.25, -0.2) is 9.25 Å². The molecule has 12 nitrogen and oxygen atoms in total. The zero-order valence-electron chi connectivity index (χ0n) is 26.2. The van der Waals surface area contributed by atoms with Crippen molar-refractivity contribution in [2.75, 3.05) is 30.7 Å². The van der Waals surface area contributed by atoms with Crippen LogP contribution in [0.1, 0.15) is 39.2 Å². The molecular weight excluding hydrogens is 787 g/mol. The first-order chi connectivity index (χ1) is 22.6. The average molecular weight is 821 g/mol. The number of nitrogens with two attached hydrogens (primary N) is 1. The van der Waals surface area contributed by atoms with E-state index in [-0.39, 0.29) is 30.4 Å². The Bertz CT molecular complexity index is 1760. The van der Waals surface area contributed by atoms with Crippen LogP contribution in [0, 0.1) is 0 Å². The van der Waals surface area contributed by atoms with Gasteiger partial charge in [-0.2, -0.15) is 10.2 Å². The minimum absolute atomic E-state index is 0.00195. The molecule has 1 unspecified atom stereocenters. The van der Waals surface area contributed by atoms with Gasteiger partial charge in [0.05, 0.1) is 29.3 Å². The first-order valence-electron chi connectivity index (χ1n) is 14.6. The molecule has 0 bridgehead atoms. The molecule has 18 heteroatoms. The van der Waals surface area contributed by atoms with E-state index in [1.54, 1.807) is 33.0 Å². The van der Waals surface area contributed by atoms with Crippen molar-refractivity contribution in [1.82, 2.24) is 30.0 Å². The number of ether oxygens (including phenoxy) is 2. The highest BCUT2D eigenvalue weighted by Gasteiger charge is 2.32. The topological polar surface area (TPSA) is 150 Å². The van der Waals surface area contributed by atoms with Gasteiger partial charge in [-0.15, -0.1) is 18.3 Å². The molecule has 0 spiro atoms. The van der Waals surface area contributed by atoms with Crippen molar-refractivity contribution in [2.45, 2.75) is 52.1 Å². The summed E-state index contributed by atoms with van der Waals surface area (Å²) in [5.41, 5.74) is 9.02. The van der Waals surface area contributed by atoms with Gasteiger partial charge in [0, 0.05) is 49.2 Å². The van der Waals surface area contributed by atoms with Crippen molar-refractivity contribution in [2.24, 2.45) is 0 Å². The van der Waals surface area contributed by atoms with E-state index in [0.717, 1.165) is 33.8 Å². The lowest BCUT2D eigenvalue weighted by Gasteiger charge is -2.27. The Kier molecular flexibility index (Phi) is 12.5. The molecule has 4 aromatic rings. The van der Waals surface area contributed by atoms with Gasteiger partial charge >= 0.3 is 12.5 Å². The molecule has 2 amide bonds. The first-order valence-corrected chi connectivity index (χ1v) is 19.1. The van der Waals surface area contributed by atoms with Crippen LogP contribution in [0.25, 0.3) is 22.0 Å². The Hall–Kier alpha value is -3.63. The van der Waals surface area contributed by atoms with Gasteiger partial charge in [0.15, 0.2) is 0 Å². The molecule has 4 rings (SSSR count). The van der Waals surface area contributed by atoms with E-state index in [2.05, 4.69) is 52.7 Å². The highest BCUT2D eigenvalue weighted by molar-refractivity contribution is 14.2. The molecule has 0 radical (unpaired) electrons. The third-order valence-corrected chi connectivity index (χ3v) is 8.81. The number of anilines is 2. The number of alkyl halides is 3. The number of aromatic nitrogens is 4. The van der Waals surface area contributed by atoms with Gasteiger partial charge in [-0.1, -0.05) is 17.7 Å². The van der Waals surface area contributed by atoms with Crippen LogP contribution in [0.3, 0.4) is 0 Å². The number of nitrogens with one attached hydrogen (secondary N) is 2. The monoisotopic (exact) mass is 820 g/mol. The Labute approximate surface area is 294 Å². The molecule has 4 N–H and O–H groups in total. The Morgan fingerprint density at radius 3 is 2.54 bits per heavy atom. The van der Waals surface area contributed by atoms with Gasteiger partial charge in [0.2, 0.25) is 5.91 Å². The molecule has 2 aromatic carbocycles. The first kappa shape index (κ1) is 37.2. The summed E-state index contributed by atoms with van der Waals surface area (Å²) in [4.78, 5) is 27.0. The number of fused-ring (bicyclic) bond motifs is 1. The summed E-state index contributed by atoms with van der Waals surface area (Å²) in [5.74, 6) is -0.531. The number of carbonyl (C=O) groups excluding carboxylic acids is 2. The minimum atomic E-state index is -4.90. The van der Waals surface area contributed by atoms with Crippen molar-refractivity contribution in [1.29, 1.82) is 0 Å². The fourth-order valence-electron chi connectivity index (χ4n) is 4.54. The summed E-state index contributed by atoms with van der Waals surface area (Å²) < 4.78 is 49.2. The number of nitrogen functional groups attached to an aromatic ring is 1. The molecule has 0 aliphatic rings. The summed E-state index contributed by atoms with van der Waals surface area (Å²) in [7, 11) is 0. The third-order valence-electron chi connectivity index (χ3n) is 6.62. The summed E-state index contributed by atoms with van der Waals surface area (Å²) in [6.07, 6.45) is -1.16. The van der Waals surface area contributed by atoms with Gasteiger partial charge in [0.25, 0.3) is 0 Å². The number of benzene rings is 2. The van der Waals surface area contributed by atoms with E-state index in [4.69, 9.17) is 22.1 Å². The number of nitrogens with zero attached hydrogens (tertiary/aromatic N) is 5. The van der Waals surface area contributed by atoms with Gasteiger partial charge in [-0.3, -0.25) is 4.79 Å². The maximum atomic E-state index is 12.9. The summed E-state index contributed by atoms with van der Waals surface area (Å²) in [5, 5.41) is 19.3. The number of hydrogen-bond acceptors (Lipinski definition) is 9. The second-order valence-corrected chi connectivity index (χ2v) is 14.0. The van der Waals surface area contributed by atoms with Crippen LogP contribution in [0.15, 0.2) is 48.8 Å². The van der Waals surface area contributed by atoms with E-state index in [1.807, 2.05) is 22.8 Å². The number of rotatable bonds is 13. The predicted molar refractivity (Wildman–Crippen MR) is 188 cm³/mol. The lowest BCUT2D eigenvalue weighted by atomic mass is 10.0. The summed E-state index contributed by atoms with van der Waals surface area (Å²) >= 11 is 8.26. The van der Waals surface area contributed by atoms with Crippen LogP contribution in [0.5, 0.6) is 5.75 Å². The average Bonchev–Trinajstić information content (AvgIpc) is 3.42. The molecule has 0 saturated heterocycles. The lowest BCUT2D eigenvalue weighted by molar-refractivity contribution is -0.274. The Balaban J connectivity index is 1.33. The van der Waals surface area contributed by atoms with Crippen molar-refractivity contribution < 1.29 is 32.2 Å². The number of carbonyl (C=O) groups is 2. The molecule has 2 heterocycles. The number of hydrogen-bond donors (Lipinski definition) is 3. The Morgan fingerprint density at radius 2 is 1.88 bits per heavy atom. The van der Waals surface area contributed by atoms with Crippen LogP contribution in [0.2, 0.25) is 5.02 Å². The molecule has 48 heavy (non-hydrogen) atoms. The number of halogens is 5. The van der Waals surface area contributed by atoms with Crippen molar-refractivity contribution in [3.8, 4) is 16.9 Å². The molecule has 1 atom stereocenters. The predicted octanol–water partition coefficient (Wildman–Crippen LogP) is 7.16. The van der Waals surface area contributed by atoms with Crippen LogP contribution in [-0.4, -0.2) is 68.2 Å². The van der Waals surface area contributed by atoms with E-state index in [9.17, 15) is 22.8 Å². The molecule has 0 aliphatic heterocycles. The van der Waals surface area contributed by atoms with Crippen molar-refractivity contribution in [3.63, 3.8) is 0 Å². The highest BCUT2D eigenvalue weighted by atomic mass is 127. The van der Waals surface area contributed by atoms with Crippen LogP contribution < -0.4 is 21.1 Å². The molecule has 2 aromatic heterocycles. The standard InChI is InChI=1S/C30H34ClF3IN8O4P/c1-29(2,3)47-28(45)42(17-18-5-6-25(22(31)11-18)46-30(32,33)34)10-7-27(44)38-9-4-8-37-23-12-19(20-14-26(36)41-39-15-20)13-24-21(23)16-40-43(24)48-35/h5-6,11-16,37,48H,4,7-10,17H2,1-3H3,(H2,36,41)(H,38,44). The third kappa shape index (κ3) is 11.0. The van der Waals surface area contributed by atoms with E-state index in [0.29, 0.717) is 37.3 Å². The second kappa shape index (κ2) is 16.2. The normalized spacial score (nSPS) is 12.0. The molecule has 0 saturated carbocycles.